The summed E-state index contributed by atoms with van der Waals surface area (Å²) < 4.78 is 17.0. The fourth-order valence-electron chi connectivity index (χ4n) is 2.14. The van der Waals surface area contributed by atoms with Crippen molar-refractivity contribution in [2.45, 2.75) is 45.4 Å². The highest BCUT2D eigenvalue weighted by Gasteiger charge is 2.23. The van der Waals surface area contributed by atoms with Crippen LogP contribution in [0, 0.1) is 5.41 Å². The van der Waals surface area contributed by atoms with E-state index in [1.807, 2.05) is 18.2 Å². The fraction of sp³-hybridized carbons (Fsp3) is 0.700. The molecule has 0 saturated heterocycles. The van der Waals surface area contributed by atoms with E-state index < -0.39 is 0 Å². The van der Waals surface area contributed by atoms with E-state index in [0.29, 0.717) is 0 Å². The van der Waals surface area contributed by atoms with Crippen molar-refractivity contribution in [3.8, 4) is 0 Å². The maximum absolute atomic E-state index is 5.68. The molecule has 0 unspecified atom stereocenters. The van der Waals surface area contributed by atoms with E-state index in [9.17, 15) is 0 Å². The van der Waals surface area contributed by atoms with Crippen molar-refractivity contribution in [2.75, 3.05) is 39.6 Å². The Bertz CT molecular complexity index is 254. The van der Waals surface area contributed by atoms with Gasteiger partial charge in [-0.1, -0.05) is 25.2 Å². The molecule has 3 heteroatoms. The van der Waals surface area contributed by atoms with E-state index in [2.05, 4.69) is 26.7 Å². The highest BCUT2D eigenvalue weighted by molar-refractivity contribution is 4.75. The molecule has 0 aliphatic heterocycles. The van der Waals surface area contributed by atoms with Crippen molar-refractivity contribution in [1.82, 2.24) is 0 Å². The van der Waals surface area contributed by atoms with Gasteiger partial charge in [0.25, 0.3) is 0 Å². The van der Waals surface area contributed by atoms with Crippen LogP contribution in [0.5, 0.6) is 0 Å². The third kappa shape index (κ3) is 14.4. The van der Waals surface area contributed by atoms with Gasteiger partial charge in [0, 0.05) is 39.6 Å². The van der Waals surface area contributed by atoms with E-state index in [1.165, 1.54) is 0 Å². The molecule has 0 atom stereocenters. The van der Waals surface area contributed by atoms with Crippen LogP contribution in [-0.2, 0) is 14.2 Å². The van der Waals surface area contributed by atoms with E-state index in [1.54, 1.807) is 0 Å². The molecule has 0 radical (unpaired) electrons. The predicted octanol–water partition coefficient (Wildman–Crippen LogP) is 4.94. The zero-order chi connectivity index (χ0) is 17.2. The van der Waals surface area contributed by atoms with Gasteiger partial charge in [0.05, 0.1) is 0 Å². The molecule has 3 nitrogen and oxygen atoms in total. The smallest absolute Gasteiger partial charge is 0.0500 e. The monoisotopic (exact) mass is 324 g/mol. The Hall–Kier alpha value is -0.900. The maximum atomic E-state index is 5.68. The molecular formula is C20H36O3. The van der Waals surface area contributed by atoms with Gasteiger partial charge in [0.15, 0.2) is 0 Å². The van der Waals surface area contributed by atoms with Crippen molar-refractivity contribution in [3.63, 3.8) is 0 Å². The van der Waals surface area contributed by atoms with Gasteiger partial charge in [0.2, 0.25) is 0 Å². The fourth-order valence-corrected chi connectivity index (χ4v) is 2.14. The second-order valence-corrected chi connectivity index (χ2v) is 6.13. The van der Waals surface area contributed by atoms with E-state index >= 15 is 0 Å². The molecule has 0 heterocycles. The molecule has 0 bridgehead atoms. The number of hydrogen-bond acceptors (Lipinski definition) is 3. The minimum Gasteiger partial charge on any atom is -0.381 e. The lowest BCUT2D eigenvalue weighted by molar-refractivity contribution is 0.0412. The Labute approximate surface area is 143 Å². The summed E-state index contributed by atoms with van der Waals surface area (Å²) >= 11 is 0. The molecule has 0 N–H and O–H groups in total. The molecular weight excluding hydrogens is 288 g/mol. The third-order valence-electron chi connectivity index (χ3n) is 3.95. The lowest BCUT2D eigenvalue weighted by Gasteiger charge is -2.29. The van der Waals surface area contributed by atoms with Crippen LogP contribution >= 0.6 is 0 Å². The molecule has 0 aliphatic rings. The van der Waals surface area contributed by atoms with Crippen LogP contribution in [0.2, 0.25) is 0 Å². The molecule has 0 aliphatic carbocycles. The summed E-state index contributed by atoms with van der Waals surface area (Å²) in [5, 5.41) is 0. The van der Waals surface area contributed by atoms with Crippen LogP contribution in [0.25, 0.3) is 0 Å². The summed E-state index contributed by atoms with van der Waals surface area (Å²) in [6.07, 6.45) is 11.5. The Kier molecular flexibility index (Phi) is 15.4. The SMILES string of the molecule is C=CCCOCCC(C)(CCOCCC=C)CCOCCC=C. The van der Waals surface area contributed by atoms with Crippen molar-refractivity contribution < 1.29 is 14.2 Å². The second kappa shape index (κ2) is 16.0. The number of ether oxygens (including phenoxy) is 3. The van der Waals surface area contributed by atoms with Crippen LogP contribution < -0.4 is 0 Å². The molecule has 23 heavy (non-hydrogen) atoms. The van der Waals surface area contributed by atoms with Gasteiger partial charge in [-0.15, -0.1) is 19.7 Å². The molecule has 0 aromatic heterocycles. The van der Waals surface area contributed by atoms with Crippen LogP contribution in [0.1, 0.15) is 45.4 Å². The molecule has 0 aromatic carbocycles. The Morgan fingerprint density at radius 3 is 1.17 bits per heavy atom. The van der Waals surface area contributed by atoms with Crippen LogP contribution in [0.4, 0.5) is 0 Å². The lowest BCUT2D eigenvalue weighted by atomic mass is 9.81. The van der Waals surface area contributed by atoms with E-state index in [4.69, 9.17) is 14.2 Å². The minimum absolute atomic E-state index is 0.191. The Morgan fingerprint density at radius 2 is 0.913 bits per heavy atom. The summed E-state index contributed by atoms with van der Waals surface area (Å²) in [6, 6.07) is 0. The summed E-state index contributed by atoms with van der Waals surface area (Å²) in [4.78, 5) is 0. The largest absolute Gasteiger partial charge is 0.381 e. The maximum Gasteiger partial charge on any atom is 0.0500 e. The molecule has 0 fully saturated rings. The van der Waals surface area contributed by atoms with Gasteiger partial charge >= 0.3 is 0 Å². The predicted molar refractivity (Wildman–Crippen MR) is 98.9 cm³/mol. The van der Waals surface area contributed by atoms with Crippen LogP contribution in [0.15, 0.2) is 38.0 Å². The first-order valence-corrected chi connectivity index (χ1v) is 8.74. The van der Waals surface area contributed by atoms with E-state index in [-0.39, 0.29) is 5.41 Å². The molecule has 0 amide bonds. The molecule has 0 aromatic rings. The molecule has 0 spiro atoms. The zero-order valence-electron chi connectivity index (χ0n) is 15.1. The number of rotatable bonds is 18. The highest BCUT2D eigenvalue weighted by atomic mass is 16.5. The van der Waals surface area contributed by atoms with Gasteiger partial charge in [0.1, 0.15) is 0 Å². The van der Waals surface area contributed by atoms with Gasteiger partial charge in [-0.3, -0.25) is 0 Å². The van der Waals surface area contributed by atoms with Crippen molar-refractivity contribution in [3.05, 3.63) is 38.0 Å². The van der Waals surface area contributed by atoms with E-state index in [0.717, 1.165) is 78.2 Å². The second-order valence-electron chi connectivity index (χ2n) is 6.13. The first kappa shape index (κ1) is 22.1. The topological polar surface area (TPSA) is 27.7 Å². The molecule has 0 rings (SSSR count). The van der Waals surface area contributed by atoms with Gasteiger partial charge in [-0.25, -0.2) is 0 Å². The summed E-state index contributed by atoms with van der Waals surface area (Å²) in [6.45, 7) is 18.0. The summed E-state index contributed by atoms with van der Waals surface area (Å²) in [5.41, 5.74) is 0.191. The first-order valence-electron chi connectivity index (χ1n) is 8.74. The average Bonchev–Trinajstić information content (AvgIpc) is 2.54. The van der Waals surface area contributed by atoms with Crippen LogP contribution in [0.3, 0.4) is 0 Å². The first-order chi connectivity index (χ1) is 11.2. The summed E-state index contributed by atoms with van der Waals surface area (Å²) in [7, 11) is 0. The van der Waals surface area contributed by atoms with Gasteiger partial charge in [-0.2, -0.15) is 0 Å². The zero-order valence-corrected chi connectivity index (χ0v) is 15.1. The molecule has 0 saturated carbocycles. The highest BCUT2D eigenvalue weighted by Crippen LogP contribution is 2.30. The van der Waals surface area contributed by atoms with Gasteiger partial charge in [-0.05, 0) is 43.9 Å². The van der Waals surface area contributed by atoms with Crippen LogP contribution in [-0.4, -0.2) is 39.6 Å². The normalized spacial score (nSPS) is 11.3. The lowest BCUT2D eigenvalue weighted by Crippen LogP contribution is -2.24. The number of hydrogen-bond donors (Lipinski definition) is 0. The standard InChI is InChI=1S/C20H36O3/c1-5-8-14-21-17-11-20(4,12-18-22-15-9-6-2)13-19-23-16-10-7-3/h5-7H,1-3,8-19H2,4H3. The van der Waals surface area contributed by atoms with Crippen molar-refractivity contribution >= 4 is 0 Å². The Balaban J connectivity index is 4.07. The third-order valence-corrected chi connectivity index (χ3v) is 3.95. The van der Waals surface area contributed by atoms with Gasteiger partial charge < -0.3 is 14.2 Å². The quantitative estimate of drug-likeness (QED) is 0.264. The summed E-state index contributed by atoms with van der Waals surface area (Å²) in [5.74, 6) is 0. The van der Waals surface area contributed by atoms with Crippen molar-refractivity contribution in [2.24, 2.45) is 5.41 Å². The minimum atomic E-state index is 0.191. The molecule has 134 valence electrons. The van der Waals surface area contributed by atoms with Crippen molar-refractivity contribution in [1.29, 1.82) is 0 Å². The Morgan fingerprint density at radius 1 is 0.609 bits per heavy atom. The average molecular weight is 325 g/mol.